The summed E-state index contributed by atoms with van der Waals surface area (Å²) in [5.74, 6) is 0.161. The smallest absolute Gasteiger partial charge is 0.231 e. The van der Waals surface area contributed by atoms with Gasteiger partial charge in [0.1, 0.15) is 11.3 Å². The van der Waals surface area contributed by atoms with Crippen LogP contribution in [0.3, 0.4) is 0 Å². The molecule has 0 aliphatic heterocycles. The zero-order valence-electron chi connectivity index (χ0n) is 13.3. The molecule has 2 N–H and O–H groups in total. The van der Waals surface area contributed by atoms with Crippen molar-refractivity contribution >= 4 is 22.7 Å². The number of carbonyl (C=O) groups excluding carboxylic acids is 1. The Labute approximate surface area is 134 Å². The van der Waals surface area contributed by atoms with Gasteiger partial charge in [-0.25, -0.2) is 4.98 Å². The first kappa shape index (κ1) is 15.1. The number of aryl methyl sites for hydroxylation is 1. The second-order valence-electron chi connectivity index (χ2n) is 5.87. The number of aromatic nitrogens is 1. The van der Waals surface area contributed by atoms with Crippen LogP contribution in [0.1, 0.15) is 19.4 Å². The molecule has 0 saturated carbocycles. The summed E-state index contributed by atoms with van der Waals surface area (Å²) in [6.07, 6.45) is 0. The predicted octanol–water partition coefficient (Wildman–Crippen LogP) is 4.10. The number of phenols is 1. The van der Waals surface area contributed by atoms with E-state index in [1.54, 1.807) is 12.1 Å². The minimum Gasteiger partial charge on any atom is -0.507 e. The fourth-order valence-electron chi connectivity index (χ4n) is 2.22. The highest BCUT2D eigenvalue weighted by Gasteiger charge is 2.15. The Bertz CT molecular complexity index is 881. The van der Waals surface area contributed by atoms with Gasteiger partial charge in [0.15, 0.2) is 5.58 Å². The van der Waals surface area contributed by atoms with Crippen molar-refractivity contribution in [2.45, 2.75) is 20.8 Å². The van der Waals surface area contributed by atoms with Gasteiger partial charge in [-0.3, -0.25) is 4.79 Å². The highest BCUT2D eigenvalue weighted by atomic mass is 16.3. The van der Waals surface area contributed by atoms with Gasteiger partial charge in [0.05, 0.1) is 5.56 Å². The van der Waals surface area contributed by atoms with Crippen molar-refractivity contribution < 1.29 is 14.3 Å². The van der Waals surface area contributed by atoms with Crippen LogP contribution in [0.15, 0.2) is 40.8 Å². The minimum absolute atomic E-state index is 0.0517. The molecule has 0 unspecified atom stereocenters. The van der Waals surface area contributed by atoms with Gasteiger partial charge < -0.3 is 14.8 Å². The molecule has 23 heavy (non-hydrogen) atoms. The number of amides is 1. The van der Waals surface area contributed by atoms with Gasteiger partial charge in [-0.1, -0.05) is 19.9 Å². The number of oxazole rings is 1. The first-order valence-electron chi connectivity index (χ1n) is 7.45. The van der Waals surface area contributed by atoms with Crippen LogP contribution in [-0.4, -0.2) is 16.0 Å². The summed E-state index contributed by atoms with van der Waals surface area (Å²) in [5, 5.41) is 12.9. The molecule has 5 heteroatoms. The van der Waals surface area contributed by atoms with Crippen molar-refractivity contribution in [1.29, 1.82) is 0 Å². The number of hydrogen-bond donors (Lipinski definition) is 2. The van der Waals surface area contributed by atoms with Crippen LogP contribution in [0.25, 0.3) is 22.6 Å². The standard InChI is InChI=1S/C18H18N2O3/c1-10(2)17(22)19-12-5-6-15(21)13(9-12)18-20-14-8-11(3)4-7-16(14)23-18/h4-10,21H,1-3H3,(H,19,22). The lowest BCUT2D eigenvalue weighted by molar-refractivity contribution is -0.118. The molecule has 1 amide bonds. The summed E-state index contributed by atoms with van der Waals surface area (Å²) in [4.78, 5) is 16.2. The van der Waals surface area contributed by atoms with E-state index in [4.69, 9.17) is 4.42 Å². The lowest BCUT2D eigenvalue weighted by Gasteiger charge is -2.09. The number of fused-ring (bicyclic) bond motifs is 1. The maximum atomic E-state index is 11.8. The summed E-state index contributed by atoms with van der Waals surface area (Å²) < 4.78 is 5.71. The molecule has 0 aliphatic carbocycles. The van der Waals surface area contributed by atoms with E-state index in [2.05, 4.69) is 10.3 Å². The number of aromatic hydroxyl groups is 1. The topological polar surface area (TPSA) is 75.4 Å². The summed E-state index contributed by atoms with van der Waals surface area (Å²) in [5.41, 5.74) is 3.51. The second-order valence-corrected chi connectivity index (χ2v) is 5.87. The largest absolute Gasteiger partial charge is 0.507 e. The molecule has 5 nitrogen and oxygen atoms in total. The lowest BCUT2D eigenvalue weighted by Crippen LogP contribution is -2.17. The Kier molecular flexibility index (Phi) is 3.78. The molecular formula is C18H18N2O3. The molecule has 0 aliphatic rings. The van der Waals surface area contributed by atoms with E-state index in [-0.39, 0.29) is 17.6 Å². The molecule has 0 saturated heterocycles. The zero-order chi connectivity index (χ0) is 16.6. The van der Waals surface area contributed by atoms with Crippen LogP contribution in [0.5, 0.6) is 5.75 Å². The van der Waals surface area contributed by atoms with Crippen molar-refractivity contribution in [3.8, 4) is 17.2 Å². The van der Waals surface area contributed by atoms with Gasteiger partial charge in [0.25, 0.3) is 0 Å². The molecular weight excluding hydrogens is 292 g/mol. The van der Waals surface area contributed by atoms with Crippen LogP contribution in [0.4, 0.5) is 5.69 Å². The maximum absolute atomic E-state index is 11.8. The minimum atomic E-state index is -0.125. The zero-order valence-corrected chi connectivity index (χ0v) is 13.3. The summed E-state index contributed by atoms with van der Waals surface area (Å²) in [7, 11) is 0. The lowest BCUT2D eigenvalue weighted by atomic mass is 10.1. The van der Waals surface area contributed by atoms with Crippen LogP contribution < -0.4 is 5.32 Å². The van der Waals surface area contributed by atoms with E-state index < -0.39 is 0 Å². The number of phenolic OH excluding ortho intramolecular Hbond substituents is 1. The predicted molar refractivity (Wildman–Crippen MR) is 89.3 cm³/mol. The fourth-order valence-corrected chi connectivity index (χ4v) is 2.22. The number of nitrogens with zero attached hydrogens (tertiary/aromatic N) is 1. The molecule has 0 radical (unpaired) electrons. The van der Waals surface area contributed by atoms with E-state index in [1.807, 2.05) is 39.0 Å². The number of nitrogens with one attached hydrogen (secondary N) is 1. The van der Waals surface area contributed by atoms with Gasteiger partial charge in [-0.2, -0.15) is 0 Å². The number of anilines is 1. The Morgan fingerprint density at radius 1 is 1.22 bits per heavy atom. The molecule has 0 spiro atoms. The third-order valence-corrected chi connectivity index (χ3v) is 3.56. The molecule has 1 aromatic heterocycles. The summed E-state index contributed by atoms with van der Waals surface area (Å²) >= 11 is 0. The van der Waals surface area contributed by atoms with E-state index in [0.29, 0.717) is 22.7 Å². The number of rotatable bonds is 3. The first-order chi connectivity index (χ1) is 10.9. The normalized spacial score (nSPS) is 11.1. The van der Waals surface area contributed by atoms with Crippen molar-refractivity contribution in [3.63, 3.8) is 0 Å². The molecule has 0 bridgehead atoms. The Morgan fingerprint density at radius 2 is 2.00 bits per heavy atom. The van der Waals surface area contributed by atoms with E-state index in [0.717, 1.165) is 11.1 Å². The van der Waals surface area contributed by atoms with Crippen LogP contribution in [0.2, 0.25) is 0 Å². The monoisotopic (exact) mass is 310 g/mol. The van der Waals surface area contributed by atoms with Crippen molar-refractivity contribution in [1.82, 2.24) is 4.98 Å². The third kappa shape index (κ3) is 3.04. The van der Waals surface area contributed by atoms with Gasteiger partial charge in [0.2, 0.25) is 11.8 Å². The average molecular weight is 310 g/mol. The molecule has 3 rings (SSSR count). The number of carbonyl (C=O) groups is 1. The van der Waals surface area contributed by atoms with Crippen molar-refractivity contribution in [3.05, 3.63) is 42.0 Å². The Balaban J connectivity index is 2.01. The van der Waals surface area contributed by atoms with Crippen LogP contribution in [-0.2, 0) is 4.79 Å². The van der Waals surface area contributed by atoms with Crippen molar-refractivity contribution in [2.24, 2.45) is 5.92 Å². The van der Waals surface area contributed by atoms with E-state index >= 15 is 0 Å². The Hall–Kier alpha value is -2.82. The average Bonchev–Trinajstić information content (AvgIpc) is 2.91. The van der Waals surface area contributed by atoms with Crippen LogP contribution in [0, 0.1) is 12.8 Å². The molecule has 0 fully saturated rings. The molecule has 0 atom stereocenters. The van der Waals surface area contributed by atoms with E-state index in [9.17, 15) is 9.90 Å². The third-order valence-electron chi connectivity index (χ3n) is 3.56. The fraction of sp³-hybridized carbons (Fsp3) is 0.222. The first-order valence-corrected chi connectivity index (χ1v) is 7.45. The van der Waals surface area contributed by atoms with Crippen LogP contribution >= 0.6 is 0 Å². The number of hydrogen-bond acceptors (Lipinski definition) is 4. The summed E-state index contributed by atoms with van der Waals surface area (Å²) in [6.45, 7) is 5.62. The summed E-state index contributed by atoms with van der Waals surface area (Å²) in [6, 6.07) is 10.5. The van der Waals surface area contributed by atoms with Gasteiger partial charge in [-0.15, -0.1) is 0 Å². The quantitative estimate of drug-likeness (QED) is 0.714. The second kappa shape index (κ2) is 5.76. The molecule has 1 heterocycles. The van der Waals surface area contributed by atoms with Gasteiger partial charge >= 0.3 is 0 Å². The highest BCUT2D eigenvalue weighted by molar-refractivity contribution is 5.93. The maximum Gasteiger partial charge on any atom is 0.231 e. The Morgan fingerprint density at radius 3 is 2.74 bits per heavy atom. The van der Waals surface area contributed by atoms with Gasteiger partial charge in [-0.05, 0) is 42.8 Å². The SMILES string of the molecule is Cc1ccc2oc(-c3cc(NC(=O)C(C)C)ccc3O)nc2c1. The van der Waals surface area contributed by atoms with Gasteiger partial charge in [0, 0.05) is 11.6 Å². The highest BCUT2D eigenvalue weighted by Crippen LogP contribution is 2.33. The number of benzene rings is 2. The van der Waals surface area contributed by atoms with Crippen molar-refractivity contribution in [2.75, 3.05) is 5.32 Å². The molecule has 118 valence electrons. The molecule has 3 aromatic rings. The molecule has 2 aromatic carbocycles. The van der Waals surface area contributed by atoms with E-state index in [1.165, 1.54) is 6.07 Å².